The predicted molar refractivity (Wildman–Crippen MR) is 50.0 cm³/mol. The molecule has 4 nitrogen and oxygen atoms in total. The Balaban J connectivity index is 2.62. The van der Waals surface area contributed by atoms with Crippen LogP contribution in [0.15, 0.2) is 30.3 Å². The van der Waals surface area contributed by atoms with Crippen molar-refractivity contribution < 1.29 is 8.76 Å². The molecule has 0 spiro atoms. The van der Waals surface area contributed by atoms with Crippen molar-refractivity contribution in [2.45, 2.75) is 6.54 Å². The molecule has 0 aliphatic rings. The lowest BCUT2D eigenvalue weighted by atomic mass is 10.2. The van der Waals surface area contributed by atoms with Crippen molar-refractivity contribution in [3.63, 3.8) is 0 Å². The lowest BCUT2D eigenvalue weighted by Gasteiger charge is -2.22. The summed E-state index contributed by atoms with van der Waals surface area (Å²) in [5, 5.41) is 0. The molecule has 0 bridgehead atoms. The summed E-state index contributed by atoms with van der Waals surface area (Å²) in [5.41, 5.74) is 3.52. The fourth-order valence-electron chi connectivity index (χ4n) is 0.956. The van der Waals surface area contributed by atoms with Crippen molar-refractivity contribution in [1.29, 1.82) is 0 Å². The van der Waals surface area contributed by atoms with E-state index in [0.29, 0.717) is 6.54 Å². The lowest BCUT2D eigenvalue weighted by Crippen LogP contribution is -2.35. The van der Waals surface area contributed by atoms with Crippen molar-refractivity contribution >= 4 is 11.3 Å². The monoisotopic (exact) mass is 199 g/mol. The van der Waals surface area contributed by atoms with E-state index in [1.807, 2.05) is 30.3 Å². The minimum absolute atomic E-state index is 0.341. The van der Waals surface area contributed by atoms with Crippen LogP contribution < -0.4 is 5.43 Å². The van der Waals surface area contributed by atoms with Gasteiger partial charge < -0.3 is 4.55 Å². The standard InChI is InChI=1S/C8H12N2O2S/c1-9-10(13(11)12)7-8-5-3-2-4-6-8/h2-6,9H,7H2,1H3,(H,11,12)/p-1. The number of nitrogens with one attached hydrogen (secondary N) is 1. The molecular weight excluding hydrogens is 188 g/mol. The third-order valence-electron chi connectivity index (χ3n) is 1.60. The summed E-state index contributed by atoms with van der Waals surface area (Å²) in [6.07, 6.45) is 0. The summed E-state index contributed by atoms with van der Waals surface area (Å²) in [6, 6.07) is 9.38. The molecule has 0 aliphatic carbocycles. The Kier molecular flexibility index (Phi) is 4.04. The minimum atomic E-state index is -2.23. The van der Waals surface area contributed by atoms with Gasteiger partial charge in [-0.15, -0.1) is 0 Å². The van der Waals surface area contributed by atoms with Gasteiger partial charge in [-0.1, -0.05) is 30.3 Å². The van der Waals surface area contributed by atoms with E-state index in [2.05, 4.69) is 5.43 Å². The predicted octanol–water partition coefficient (Wildman–Crippen LogP) is 0.417. The van der Waals surface area contributed by atoms with Crippen LogP contribution in [0.5, 0.6) is 0 Å². The molecule has 1 N–H and O–H groups in total. The van der Waals surface area contributed by atoms with E-state index in [4.69, 9.17) is 0 Å². The third-order valence-corrected chi connectivity index (χ3v) is 2.27. The summed E-state index contributed by atoms with van der Waals surface area (Å²) in [7, 11) is 1.57. The Bertz CT molecular complexity index is 279. The number of rotatable bonds is 4. The lowest BCUT2D eigenvalue weighted by molar-refractivity contribution is 0.323. The molecule has 72 valence electrons. The van der Waals surface area contributed by atoms with Crippen molar-refractivity contribution in [2.75, 3.05) is 7.05 Å². The van der Waals surface area contributed by atoms with Crippen LogP contribution in [0.4, 0.5) is 0 Å². The first kappa shape index (κ1) is 10.3. The number of hydrogen-bond acceptors (Lipinski definition) is 3. The highest BCUT2D eigenvalue weighted by molar-refractivity contribution is 7.76. The van der Waals surface area contributed by atoms with Crippen LogP contribution >= 0.6 is 0 Å². The van der Waals surface area contributed by atoms with Gasteiger partial charge in [0.25, 0.3) is 0 Å². The molecule has 0 saturated heterocycles. The fourth-order valence-corrected chi connectivity index (χ4v) is 1.36. The number of benzene rings is 1. The van der Waals surface area contributed by atoms with E-state index in [1.165, 1.54) is 0 Å². The van der Waals surface area contributed by atoms with Gasteiger partial charge in [-0.2, -0.15) is 4.41 Å². The molecule has 1 unspecified atom stereocenters. The highest BCUT2D eigenvalue weighted by Crippen LogP contribution is 2.02. The molecule has 0 heterocycles. The largest absolute Gasteiger partial charge is 0.759 e. The van der Waals surface area contributed by atoms with Gasteiger partial charge >= 0.3 is 0 Å². The average Bonchev–Trinajstić information content (AvgIpc) is 2.15. The van der Waals surface area contributed by atoms with E-state index in [1.54, 1.807) is 7.05 Å². The van der Waals surface area contributed by atoms with Crippen molar-refractivity contribution in [1.82, 2.24) is 9.84 Å². The second kappa shape index (κ2) is 5.08. The van der Waals surface area contributed by atoms with Gasteiger partial charge in [-0.3, -0.25) is 4.21 Å². The van der Waals surface area contributed by atoms with Gasteiger partial charge in [0, 0.05) is 11.3 Å². The molecule has 0 saturated carbocycles. The SMILES string of the molecule is CNN(Cc1ccccc1)S(=O)[O-]. The Morgan fingerprint density at radius 3 is 2.54 bits per heavy atom. The molecule has 0 aliphatic heterocycles. The third kappa shape index (κ3) is 3.23. The van der Waals surface area contributed by atoms with Crippen LogP contribution in [0, 0.1) is 0 Å². The second-order valence-corrected chi connectivity index (χ2v) is 3.34. The molecule has 1 rings (SSSR count). The smallest absolute Gasteiger partial charge is 0.0508 e. The highest BCUT2D eigenvalue weighted by Gasteiger charge is 2.01. The van der Waals surface area contributed by atoms with E-state index in [-0.39, 0.29) is 0 Å². The van der Waals surface area contributed by atoms with Crippen molar-refractivity contribution in [3.05, 3.63) is 35.9 Å². The van der Waals surface area contributed by atoms with Crippen LogP contribution in [0.1, 0.15) is 5.56 Å². The zero-order chi connectivity index (χ0) is 9.68. The van der Waals surface area contributed by atoms with Crippen molar-refractivity contribution in [3.8, 4) is 0 Å². The quantitative estimate of drug-likeness (QED) is 0.564. The molecule has 13 heavy (non-hydrogen) atoms. The van der Waals surface area contributed by atoms with Gasteiger partial charge in [0.15, 0.2) is 0 Å². The molecule has 1 aromatic carbocycles. The maximum absolute atomic E-state index is 10.6. The first-order valence-electron chi connectivity index (χ1n) is 3.82. The molecule has 0 radical (unpaired) electrons. The van der Waals surface area contributed by atoms with Crippen LogP contribution in [-0.4, -0.2) is 20.2 Å². The highest BCUT2D eigenvalue weighted by atomic mass is 32.2. The van der Waals surface area contributed by atoms with E-state index in [0.717, 1.165) is 9.98 Å². The molecule has 1 atom stereocenters. The van der Waals surface area contributed by atoms with Crippen LogP contribution in [0.3, 0.4) is 0 Å². The van der Waals surface area contributed by atoms with Gasteiger partial charge in [0.1, 0.15) is 0 Å². The maximum atomic E-state index is 10.6. The summed E-state index contributed by atoms with van der Waals surface area (Å²) in [6.45, 7) is 0.341. The van der Waals surface area contributed by atoms with Gasteiger partial charge in [0.2, 0.25) is 0 Å². The van der Waals surface area contributed by atoms with E-state index < -0.39 is 11.3 Å². The average molecular weight is 199 g/mol. The number of hydrogen-bond donors (Lipinski definition) is 1. The first-order chi connectivity index (χ1) is 6.24. The molecule has 0 amide bonds. The van der Waals surface area contributed by atoms with E-state index in [9.17, 15) is 8.76 Å². The summed E-state index contributed by atoms with van der Waals surface area (Å²) < 4.78 is 22.3. The van der Waals surface area contributed by atoms with Gasteiger partial charge in [0.05, 0.1) is 6.54 Å². The van der Waals surface area contributed by atoms with E-state index >= 15 is 0 Å². The maximum Gasteiger partial charge on any atom is 0.0508 e. The molecular formula is C8H11N2O2S-. The van der Waals surface area contributed by atoms with Gasteiger partial charge in [-0.25, -0.2) is 5.43 Å². The zero-order valence-electron chi connectivity index (χ0n) is 7.27. The zero-order valence-corrected chi connectivity index (χ0v) is 8.08. The molecule has 0 fully saturated rings. The Labute approximate surface area is 80.0 Å². The first-order valence-corrected chi connectivity index (χ1v) is 4.85. The molecule has 5 heteroatoms. The van der Waals surface area contributed by atoms with Crippen LogP contribution in [0.2, 0.25) is 0 Å². The minimum Gasteiger partial charge on any atom is -0.759 e. The second-order valence-electron chi connectivity index (χ2n) is 2.46. The number of nitrogens with zero attached hydrogens (tertiary/aromatic N) is 1. The Hall–Kier alpha value is -0.750. The summed E-state index contributed by atoms with van der Waals surface area (Å²) in [5.74, 6) is 0. The summed E-state index contributed by atoms with van der Waals surface area (Å²) >= 11 is -2.23. The van der Waals surface area contributed by atoms with Crippen molar-refractivity contribution in [2.24, 2.45) is 0 Å². The fraction of sp³-hybridized carbons (Fsp3) is 0.250. The normalized spacial score (nSPS) is 13.2. The Morgan fingerprint density at radius 1 is 1.46 bits per heavy atom. The van der Waals surface area contributed by atoms with Crippen LogP contribution in [-0.2, 0) is 17.8 Å². The Morgan fingerprint density at radius 2 is 2.08 bits per heavy atom. The number of hydrazine groups is 1. The molecule has 0 aromatic heterocycles. The topological polar surface area (TPSA) is 55.4 Å². The van der Waals surface area contributed by atoms with Crippen LogP contribution in [0.25, 0.3) is 0 Å². The molecule has 1 aromatic rings. The van der Waals surface area contributed by atoms with Gasteiger partial charge in [-0.05, 0) is 12.6 Å². The summed E-state index contributed by atoms with van der Waals surface area (Å²) in [4.78, 5) is 0.